The van der Waals surface area contributed by atoms with Gasteiger partial charge in [0.05, 0.1) is 28.9 Å². The minimum absolute atomic E-state index is 0.0115. The Morgan fingerprint density at radius 1 is 1.06 bits per heavy atom. The summed E-state index contributed by atoms with van der Waals surface area (Å²) in [7, 11) is 0. The zero-order chi connectivity index (χ0) is 26.3. The van der Waals surface area contributed by atoms with Gasteiger partial charge in [-0.1, -0.05) is 31.2 Å². The first-order chi connectivity index (χ1) is 16.9. The third-order valence-corrected chi connectivity index (χ3v) is 6.04. The maximum Gasteiger partial charge on any atom is 0.416 e. The first kappa shape index (κ1) is 25.7. The summed E-state index contributed by atoms with van der Waals surface area (Å²) in [5, 5.41) is 2.41. The van der Waals surface area contributed by atoms with Crippen molar-refractivity contribution < 1.29 is 35.9 Å². The smallest absolute Gasteiger partial charge is 0.326 e. The van der Waals surface area contributed by atoms with Gasteiger partial charge in [0.25, 0.3) is 5.91 Å². The summed E-state index contributed by atoms with van der Waals surface area (Å²) in [6, 6.07) is 8.33. The number of benzene rings is 2. The molecule has 11 heteroatoms. The van der Waals surface area contributed by atoms with E-state index in [4.69, 9.17) is 0 Å². The predicted octanol–water partition coefficient (Wildman–Crippen LogP) is 5.36. The van der Waals surface area contributed by atoms with Crippen LogP contribution in [0.1, 0.15) is 48.4 Å². The zero-order valence-corrected chi connectivity index (χ0v) is 19.2. The first-order valence-electron chi connectivity index (χ1n) is 11.4. The molecule has 192 valence electrons. The molecule has 1 heterocycles. The van der Waals surface area contributed by atoms with Crippen LogP contribution >= 0.6 is 0 Å². The van der Waals surface area contributed by atoms with E-state index < -0.39 is 53.4 Å². The highest BCUT2D eigenvalue weighted by atomic mass is 19.4. The molecule has 4 rings (SSSR count). The van der Waals surface area contributed by atoms with Crippen LogP contribution in [0.3, 0.4) is 0 Å². The number of hydrogen-bond acceptors (Lipinski definition) is 3. The number of alkyl halides is 6. The molecule has 2 aliphatic rings. The molecule has 1 aliphatic carbocycles. The van der Waals surface area contributed by atoms with Gasteiger partial charge in [-0.25, -0.2) is 0 Å². The Kier molecular flexibility index (Phi) is 6.85. The van der Waals surface area contributed by atoms with E-state index in [1.165, 1.54) is 4.90 Å². The molecule has 36 heavy (non-hydrogen) atoms. The Balaban J connectivity index is 1.64. The van der Waals surface area contributed by atoms with E-state index in [0.717, 1.165) is 18.4 Å². The molecule has 2 aromatic rings. The highest BCUT2D eigenvalue weighted by Crippen LogP contribution is 2.39. The van der Waals surface area contributed by atoms with Crippen LogP contribution in [0.25, 0.3) is 0 Å². The van der Waals surface area contributed by atoms with E-state index in [1.807, 2.05) is 19.1 Å². The number of para-hydroxylation sites is 1. The van der Waals surface area contributed by atoms with Gasteiger partial charge in [-0.2, -0.15) is 26.3 Å². The molecule has 1 atom stereocenters. The van der Waals surface area contributed by atoms with Crippen molar-refractivity contribution in [2.75, 3.05) is 11.4 Å². The van der Waals surface area contributed by atoms with E-state index in [1.54, 1.807) is 12.1 Å². The molecule has 2 amide bonds. The number of nitrogens with one attached hydrogen (secondary N) is 1. The SMILES string of the molecule is CCCN1C(=O)[C@H](NC(=O)Cc2ccc(C(F)(F)F)cc2C(F)(F)F)N=C(C2CC2)c2ccccc21. The van der Waals surface area contributed by atoms with Crippen molar-refractivity contribution in [1.29, 1.82) is 0 Å². The molecule has 0 saturated heterocycles. The third kappa shape index (κ3) is 5.39. The van der Waals surface area contributed by atoms with Gasteiger partial charge in [-0.3, -0.25) is 14.6 Å². The standard InChI is InChI=1S/C25H23F6N3O2/c1-2-11-34-19-6-4-3-5-17(19)21(14-7-8-14)33-22(23(34)36)32-20(35)12-15-9-10-16(24(26,27)28)13-18(15)25(29,30)31/h3-6,9-10,13-14,22H,2,7-8,11-12H2,1H3,(H,32,35)/t22-/m1/s1. The Hall–Kier alpha value is -3.37. The van der Waals surface area contributed by atoms with Crippen molar-refractivity contribution >= 4 is 23.2 Å². The van der Waals surface area contributed by atoms with E-state index in [0.29, 0.717) is 36.5 Å². The molecule has 2 aromatic carbocycles. The Bertz CT molecular complexity index is 1200. The Morgan fingerprint density at radius 3 is 2.36 bits per heavy atom. The Morgan fingerprint density at radius 2 is 1.75 bits per heavy atom. The van der Waals surface area contributed by atoms with E-state index in [-0.39, 0.29) is 12.0 Å². The monoisotopic (exact) mass is 511 g/mol. The Labute approximate surface area is 203 Å². The molecule has 0 aromatic heterocycles. The fourth-order valence-corrected chi connectivity index (χ4v) is 4.23. The largest absolute Gasteiger partial charge is 0.416 e. The second-order valence-electron chi connectivity index (χ2n) is 8.81. The summed E-state index contributed by atoms with van der Waals surface area (Å²) < 4.78 is 79.4. The van der Waals surface area contributed by atoms with E-state index >= 15 is 0 Å². The fraction of sp³-hybridized carbons (Fsp3) is 0.400. The minimum atomic E-state index is -5.11. The molecular formula is C25H23F6N3O2. The lowest BCUT2D eigenvalue weighted by Crippen LogP contribution is -2.48. The highest BCUT2D eigenvalue weighted by molar-refractivity contribution is 6.14. The van der Waals surface area contributed by atoms with Crippen LogP contribution < -0.4 is 10.2 Å². The highest BCUT2D eigenvalue weighted by Gasteiger charge is 2.40. The van der Waals surface area contributed by atoms with Crippen LogP contribution in [0.4, 0.5) is 32.0 Å². The molecule has 0 bridgehead atoms. The van der Waals surface area contributed by atoms with Crippen LogP contribution in [-0.2, 0) is 28.4 Å². The zero-order valence-electron chi connectivity index (χ0n) is 19.2. The van der Waals surface area contributed by atoms with Crippen molar-refractivity contribution in [1.82, 2.24) is 5.32 Å². The van der Waals surface area contributed by atoms with Gasteiger partial charge in [-0.15, -0.1) is 0 Å². The van der Waals surface area contributed by atoms with Gasteiger partial charge in [0.2, 0.25) is 12.1 Å². The molecule has 0 unspecified atom stereocenters. The van der Waals surface area contributed by atoms with Gasteiger partial charge >= 0.3 is 12.4 Å². The van der Waals surface area contributed by atoms with E-state index in [2.05, 4.69) is 10.3 Å². The van der Waals surface area contributed by atoms with Crippen molar-refractivity contribution in [3.05, 3.63) is 64.7 Å². The number of carbonyl (C=O) groups is 2. The second kappa shape index (κ2) is 9.59. The normalized spacial score (nSPS) is 18.4. The minimum Gasteiger partial charge on any atom is -0.326 e. The molecule has 1 N–H and O–H groups in total. The lowest BCUT2D eigenvalue weighted by atomic mass is 10.00. The molecule has 1 aliphatic heterocycles. The number of amides is 2. The van der Waals surface area contributed by atoms with Crippen molar-refractivity contribution in [2.24, 2.45) is 10.9 Å². The molecule has 0 spiro atoms. The van der Waals surface area contributed by atoms with Gasteiger partial charge in [0.15, 0.2) is 0 Å². The second-order valence-corrected chi connectivity index (χ2v) is 8.81. The average molecular weight is 511 g/mol. The van der Waals surface area contributed by atoms with Gasteiger partial charge in [0.1, 0.15) is 0 Å². The number of fused-ring (bicyclic) bond motifs is 1. The number of rotatable bonds is 6. The lowest BCUT2D eigenvalue weighted by molar-refractivity contribution is -0.143. The number of aliphatic imine (C=N–C) groups is 1. The number of carbonyl (C=O) groups excluding carboxylic acids is 2. The van der Waals surface area contributed by atoms with Crippen LogP contribution in [0.2, 0.25) is 0 Å². The summed E-state index contributed by atoms with van der Waals surface area (Å²) in [6.45, 7) is 2.22. The molecule has 5 nitrogen and oxygen atoms in total. The van der Waals surface area contributed by atoms with Crippen molar-refractivity contribution in [3.63, 3.8) is 0 Å². The summed E-state index contributed by atoms with van der Waals surface area (Å²) >= 11 is 0. The summed E-state index contributed by atoms with van der Waals surface area (Å²) in [6.07, 6.45) is -9.99. The fourth-order valence-electron chi connectivity index (χ4n) is 4.23. The van der Waals surface area contributed by atoms with Gasteiger partial charge in [0, 0.05) is 18.0 Å². The summed E-state index contributed by atoms with van der Waals surface area (Å²) in [4.78, 5) is 32.2. The molecule has 1 saturated carbocycles. The third-order valence-electron chi connectivity index (χ3n) is 6.04. The number of anilines is 1. The van der Waals surface area contributed by atoms with Gasteiger partial charge in [-0.05, 0) is 43.0 Å². The average Bonchev–Trinajstić information content (AvgIpc) is 3.64. The first-order valence-corrected chi connectivity index (χ1v) is 11.4. The summed E-state index contributed by atoms with van der Waals surface area (Å²) in [5.74, 6) is -1.39. The lowest BCUT2D eigenvalue weighted by Gasteiger charge is -2.25. The number of nitrogens with zero attached hydrogens (tertiary/aromatic N) is 2. The number of hydrogen-bond donors (Lipinski definition) is 1. The van der Waals surface area contributed by atoms with Crippen LogP contribution in [-0.4, -0.2) is 30.2 Å². The molecule has 1 fully saturated rings. The topological polar surface area (TPSA) is 61.8 Å². The maximum absolute atomic E-state index is 13.5. The molecular weight excluding hydrogens is 488 g/mol. The van der Waals surface area contributed by atoms with Gasteiger partial charge < -0.3 is 10.2 Å². The quantitative estimate of drug-likeness (QED) is 0.531. The maximum atomic E-state index is 13.5. The van der Waals surface area contributed by atoms with Crippen molar-refractivity contribution in [2.45, 2.75) is 51.1 Å². The summed E-state index contributed by atoms with van der Waals surface area (Å²) in [5.41, 5.74) is -1.59. The number of benzodiazepines with no additional fused rings is 1. The predicted molar refractivity (Wildman–Crippen MR) is 120 cm³/mol. The van der Waals surface area contributed by atoms with Crippen molar-refractivity contribution in [3.8, 4) is 0 Å². The van der Waals surface area contributed by atoms with Crippen LogP contribution in [0.15, 0.2) is 47.5 Å². The van der Waals surface area contributed by atoms with Crippen LogP contribution in [0.5, 0.6) is 0 Å². The van der Waals surface area contributed by atoms with E-state index in [9.17, 15) is 35.9 Å². The van der Waals surface area contributed by atoms with Crippen LogP contribution in [0, 0.1) is 5.92 Å². The number of halogens is 6. The molecule has 0 radical (unpaired) electrons.